The lowest BCUT2D eigenvalue weighted by atomic mass is 10.2. The molecule has 0 aliphatic carbocycles. The first-order chi connectivity index (χ1) is 11.4. The number of nitrogens with zero attached hydrogens (tertiary/aromatic N) is 1. The Morgan fingerprint density at radius 1 is 1.12 bits per heavy atom. The summed E-state index contributed by atoms with van der Waals surface area (Å²) in [5.74, 6) is 0.000925. The van der Waals surface area contributed by atoms with Crippen LogP contribution in [0, 0.1) is 0 Å². The van der Waals surface area contributed by atoms with Crippen molar-refractivity contribution in [3.63, 3.8) is 0 Å². The summed E-state index contributed by atoms with van der Waals surface area (Å²) in [6.07, 6.45) is 1.04. The Morgan fingerprint density at radius 2 is 1.83 bits per heavy atom. The summed E-state index contributed by atoms with van der Waals surface area (Å²) < 4.78 is 27.8. The molecular weight excluding hydrogens is 328 g/mol. The van der Waals surface area contributed by atoms with Crippen LogP contribution < -0.4 is 5.32 Å². The third-order valence-electron chi connectivity index (χ3n) is 3.41. The SMILES string of the molecule is CS(=O)(=O)CCC(=O)Nc1ccc(-c2nc3ccccc3o2)cc1. The smallest absolute Gasteiger partial charge is 0.227 e. The number of aromatic nitrogens is 1. The van der Waals surface area contributed by atoms with E-state index in [0.29, 0.717) is 17.2 Å². The number of benzene rings is 2. The molecule has 1 heterocycles. The van der Waals surface area contributed by atoms with Crippen LogP contribution >= 0.6 is 0 Å². The van der Waals surface area contributed by atoms with E-state index < -0.39 is 9.84 Å². The van der Waals surface area contributed by atoms with Crippen molar-refractivity contribution in [3.05, 3.63) is 48.5 Å². The molecule has 0 bridgehead atoms. The maximum Gasteiger partial charge on any atom is 0.227 e. The molecule has 0 aliphatic rings. The van der Waals surface area contributed by atoms with Crippen LogP contribution in [-0.4, -0.2) is 31.3 Å². The first-order valence-corrected chi connectivity index (χ1v) is 9.40. The summed E-state index contributed by atoms with van der Waals surface area (Å²) in [6.45, 7) is 0. The molecule has 1 aromatic heterocycles. The highest BCUT2D eigenvalue weighted by atomic mass is 32.2. The van der Waals surface area contributed by atoms with Gasteiger partial charge in [0.25, 0.3) is 0 Å². The second-order valence-corrected chi connectivity index (χ2v) is 7.75. The van der Waals surface area contributed by atoms with Crippen molar-refractivity contribution in [2.24, 2.45) is 0 Å². The summed E-state index contributed by atoms with van der Waals surface area (Å²) in [6, 6.07) is 14.5. The Morgan fingerprint density at radius 3 is 2.50 bits per heavy atom. The molecule has 1 N–H and O–H groups in total. The maximum atomic E-state index is 11.7. The topological polar surface area (TPSA) is 89.3 Å². The van der Waals surface area contributed by atoms with Gasteiger partial charge in [0, 0.05) is 23.9 Å². The minimum atomic E-state index is -3.15. The Kier molecular flexibility index (Phi) is 4.35. The third kappa shape index (κ3) is 3.99. The number of fused-ring (bicyclic) bond motifs is 1. The van der Waals surface area contributed by atoms with Crippen molar-refractivity contribution in [2.75, 3.05) is 17.3 Å². The minimum absolute atomic E-state index is 0.0638. The molecule has 0 unspecified atom stereocenters. The Labute approximate surface area is 139 Å². The maximum absolute atomic E-state index is 11.7. The van der Waals surface area contributed by atoms with Gasteiger partial charge in [0.05, 0.1) is 5.75 Å². The molecule has 3 rings (SSSR count). The van der Waals surface area contributed by atoms with Crippen molar-refractivity contribution in [2.45, 2.75) is 6.42 Å². The van der Waals surface area contributed by atoms with Crippen molar-refractivity contribution >= 4 is 32.5 Å². The molecule has 0 saturated carbocycles. The highest BCUT2D eigenvalue weighted by Crippen LogP contribution is 2.25. The second-order valence-electron chi connectivity index (χ2n) is 5.49. The lowest BCUT2D eigenvalue weighted by molar-refractivity contribution is -0.115. The summed E-state index contributed by atoms with van der Waals surface area (Å²) in [7, 11) is -3.15. The number of carbonyl (C=O) groups is 1. The molecule has 0 atom stereocenters. The second kappa shape index (κ2) is 6.45. The zero-order valence-corrected chi connectivity index (χ0v) is 13.8. The lowest BCUT2D eigenvalue weighted by Crippen LogP contribution is -2.16. The van der Waals surface area contributed by atoms with Crippen LogP contribution in [0.15, 0.2) is 52.9 Å². The Bertz CT molecular complexity index is 942. The molecule has 0 fully saturated rings. The summed E-state index contributed by atoms with van der Waals surface area (Å²) in [5, 5.41) is 2.67. The largest absolute Gasteiger partial charge is 0.436 e. The van der Waals surface area contributed by atoms with E-state index in [-0.39, 0.29) is 18.1 Å². The van der Waals surface area contributed by atoms with E-state index in [4.69, 9.17) is 4.42 Å². The first kappa shape index (κ1) is 16.2. The molecule has 0 aliphatic heterocycles. The zero-order valence-electron chi connectivity index (χ0n) is 13.0. The van der Waals surface area contributed by atoms with E-state index in [1.54, 1.807) is 24.3 Å². The van der Waals surface area contributed by atoms with E-state index in [0.717, 1.165) is 17.3 Å². The average molecular weight is 344 g/mol. The first-order valence-electron chi connectivity index (χ1n) is 7.34. The van der Waals surface area contributed by atoms with Crippen LogP contribution in [0.5, 0.6) is 0 Å². The van der Waals surface area contributed by atoms with E-state index in [1.165, 1.54) is 0 Å². The van der Waals surface area contributed by atoms with Gasteiger partial charge in [-0.2, -0.15) is 0 Å². The van der Waals surface area contributed by atoms with Crippen LogP contribution in [0.1, 0.15) is 6.42 Å². The van der Waals surface area contributed by atoms with E-state index in [2.05, 4.69) is 10.3 Å². The fourth-order valence-electron chi connectivity index (χ4n) is 2.19. The number of amides is 1. The van der Waals surface area contributed by atoms with Crippen LogP contribution in [0.2, 0.25) is 0 Å². The lowest BCUT2D eigenvalue weighted by Gasteiger charge is -2.05. The predicted molar refractivity (Wildman–Crippen MR) is 92.4 cm³/mol. The molecule has 0 spiro atoms. The fourth-order valence-corrected chi connectivity index (χ4v) is 2.75. The van der Waals surface area contributed by atoms with Gasteiger partial charge in [-0.15, -0.1) is 0 Å². The zero-order chi connectivity index (χ0) is 17.2. The number of hydrogen-bond donors (Lipinski definition) is 1. The van der Waals surface area contributed by atoms with E-state index in [9.17, 15) is 13.2 Å². The Hall–Kier alpha value is -2.67. The van der Waals surface area contributed by atoms with Gasteiger partial charge in [0.2, 0.25) is 11.8 Å². The van der Waals surface area contributed by atoms with Gasteiger partial charge in [-0.05, 0) is 36.4 Å². The predicted octanol–water partition coefficient (Wildman–Crippen LogP) is 2.87. The molecule has 7 heteroatoms. The van der Waals surface area contributed by atoms with Crippen LogP contribution in [-0.2, 0) is 14.6 Å². The van der Waals surface area contributed by atoms with E-state index in [1.807, 2.05) is 24.3 Å². The number of rotatable bonds is 5. The summed E-state index contributed by atoms with van der Waals surface area (Å²) >= 11 is 0. The third-order valence-corrected chi connectivity index (χ3v) is 4.36. The van der Waals surface area contributed by atoms with Gasteiger partial charge in [0.15, 0.2) is 5.58 Å². The average Bonchev–Trinajstić information content (AvgIpc) is 2.97. The molecular formula is C17H16N2O4S. The molecule has 3 aromatic rings. The minimum Gasteiger partial charge on any atom is -0.436 e. The van der Waals surface area contributed by atoms with Crippen molar-refractivity contribution in [1.82, 2.24) is 4.98 Å². The van der Waals surface area contributed by atoms with Gasteiger partial charge >= 0.3 is 0 Å². The normalized spacial score (nSPS) is 11.5. The van der Waals surface area contributed by atoms with Gasteiger partial charge in [-0.3, -0.25) is 4.79 Å². The molecule has 6 nitrogen and oxygen atoms in total. The van der Waals surface area contributed by atoms with E-state index >= 15 is 0 Å². The summed E-state index contributed by atoms with van der Waals surface area (Å²) in [5.41, 5.74) is 2.88. The number of sulfone groups is 1. The number of carbonyl (C=O) groups excluding carboxylic acids is 1. The highest BCUT2D eigenvalue weighted by molar-refractivity contribution is 7.90. The Balaban J connectivity index is 1.70. The molecule has 124 valence electrons. The molecule has 2 aromatic carbocycles. The monoisotopic (exact) mass is 344 g/mol. The van der Waals surface area contributed by atoms with Crippen molar-refractivity contribution < 1.29 is 17.6 Å². The number of anilines is 1. The van der Waals surface area contributed by atoms with Crippen LogP contribution in [0.4, 0.5) is 5.69 Å². The van der Waals surface area contributed by atoms with Gasteiger partial charge in [-0.1, -0.05) is 12.1 Å². The number of hydrogen-bond acceptors (Lipinski definition) is 5. The fraction of sp³-hybridized carbons (Fsp3) is 0.176. The van der Waals surface area contributed by atoms with Gasteiger partial charge in [0.1, 0.15) is 15.4 Å². The quantitative estimate of drug-likeness (QED) is 0.769. The number of oxazole rings is 1. The van der Waals surface area contributed by atoms with Crippen molar-refractivity contribution in [3.8, 4) is 11.5 Å². The molecule has 1 amide bonds. The van der Waals surface area contributed by atoms with Crippen LogP contribution in [0.25, 0.3) is 22.6 Å². The number of nitrogens with one attached hydrogen (secondary N) is 1. The summed E-state index contributed by atoms with van der Waals surface area (Å²) in [4.78, 5) is 16.1. The molecule has 24 heavy (non-hydrogen) atoms. The van der Waals surface area contributed by atoms with Gasteiger partial charge < -0.3 is 9.73 Å². The highest BCUT2D eigenvalue weighted by Gasteiger charge is 2.10. The van der Waals surface area contributed by atoms with Gasteiger partial charge in [-0.25, -0.2) is 13.4 Å². The molecule has 0 radical (unpaired) electrons. The standard InChI is InChI=1S/C17H16N2O4S/c1-24(21,22)11-10-16(20)18-13-8-6-12(7-9-13)17-19-14-4-2-3-5-15(14)23-17/h2-9H,10-11H2,1H3,(H,18,20). The number of para-hydroxylation sites is 2. The molecule has 0 saturated heterocycles. The van der Waals surface area contributed by atoms with Crippen LogP contribution in [0.3, 0.4) is 0 Å². The van der Waals surface area contributed by atoms with Crippen molar-refractivity contribution in [1.29, 1.82) is 0 Å².